The summed E-state index contributed by atoms with van der Waals surface area (Å²) >= 11 is 1.33. The molecular weight excluding hydrogens is 406 g/mol. The van der Waals surface area contributed by atoms with Crippen LogP contribution in [0.4, 0.5) is 0 Å². The highest BCUT2D eigenvalue weighted by Crippen LogP contribution is 2.31. The molecule has 2 heterocycles. The lowest BCUT2D eigenvalue weighted by atomic mass is 10.1. The summed E-state index contributed by atoms with van der Waals surface area (Å²) < 4.78 is 23.4. The van der Waals surface area contributed by atoms with E-state index in [9.17, 15) is 13.2 Å². The van der Waals surface area contributed by atoms with Gasteiger partial charge in [0, 0.05) is 29.4 Å². The fourth-order valence-corrected chi connectivity index (χ4v) is 6.18. The van der Waals surface area contributed by atoms with Crippen LogP contribution < -0.4 is 0 Å². The number of benzene rings is 2. The molecule has 4 rings (SSSR count). The molecule has 3 aromatic rings. The van der Waals surface area contributed by atoms with Crippen LogP contribution in [0, 0.1) is 0 Å². The number of fused-ring (bicyclic) bond motifs is 1. The third-order valence-corrected chi connectivity index (χ3v) is 7.90. The Morgan fingerprint density at radius 1 is 1.07 bits per heavy atom. The van der Waals surface area contributed by atoms with Crippen molar-refractivity contribution >= 4 is 38.3 Å². The van der Waals surface area contributed by atoms with E-state index in [0.29, 0.717) is 11.4 Å². The Morgan fingerprint density at radius 3 is 2.45 bits per heavy atom. The van der Waals surface area contributed by atoms with Gasteiger partial charge in [0.2, 0.25) is 5.91 Å². The number of carbonyl (C=O) groups is 1. The SMILES string of the molecule is CN(C(=O)CSc1nnc(-c2ccccc2)c2ccccc12)C1CCS(=O)(=O)C1. The van der Waals surface area contributed by atoms with Crippen molar-refractivity contribution in [2.45, 2.75) is 17.5 Å². The van der Waals surface area contributed by atoms with Gasteiger partial charge in [-0.25, -0.2) is 8.42 Å². The second-order valence-corrected chi connectivity index (χ2v) is 10.3. The number of hydrogen-bond acceptors (Lipinski definition) is 6. The molecule has 6 nitrogen and oxygen atoms in total. The molecule has 1 amide bonds. The zero-order valence-electron chi connectivity index (χ0n) is 16.0. The van der Waals surface area contributed by atoms with Crippen LogP contribution in [-0.2, 0) is 14.6 Å². The van der Waals surface area contributed by atoms with Crippen LogP contribution in [0.5, 0.6) is 0 Å². The monoisotopic (exact) mass is 427 g/mol. The molecule has 0 N–H and O–H groups in total. The lowest BCUT2D eigenvalue weighted by Gasteiger charge is -2.23. The zero-order chi connectivity index (χ0) is 20.4. The minimum Gasteiger partial charge on any atom is -0.341 e. The summed E-state index contributed by atoms with van der Waals surface area (Å²) in [6.07, 6.45) is 0.504. The first-order chi connectivity index (χ1) is 13.9. The minimum absolute atomic E-state index is 0.0500. The van der Waals surface area contributed by atoms with E-state index in [2.05, 4.69) is 10.2 Å². The molecule has 0 radical (unpaired) electrons. The number of hydrogen-bond donors (Lipinski definition) is 0. The molecule has 1 aliphatic rings. The molecule has 1 saturated heterocycles. The fourth-order valence-electron chi connectivity index (χ4n) is 3.51. The van der Waals surface area contributed by atoms with Gasteiger partial charge in [0.15, 0.2) is 9.84 Å². The number of rotatable bonds is 5. The second kappa shape index (κ2) is 8.12. The van der Waals surface area contributed by atoms with Gasteiger partial charge in [-0.2, -0.15) is 0 Å². The van der Waals surface area contributed by atoms with Crippen LogP contribution in [0.3, 0.4) is 0 Å². The summed E-state index contributed by atoms with van der Waals surface area (Å²) in [7, 11) is -1.35. The van der Waals surface area contributed by atoms with Crippen LogP contribution in [0.25, 0.3) is 22.0 Å². The summed E-state index contributed by atoms with van der Waals surface area (Å²) in [4.78, 5) is 14.2. The number of aromatic nitrogens is 2. The van der Waals surface area contributed by atoms with Gasteiger partial charge in [-0.15, -0.1) is 10.2 Å². The highest BCUT2D eigenvalue weighted by Gasteiger charge is 2.32. The van der Waals surface area contributed by atoms with Crippen molar-refractivity contribution in [3.63, 3.8) is 0 Å². The van der Waals surface area contributed by atoms with Crippen LogP contribution >= 0.6 is 11.8 Å². The van der Waals surface area contributed by atoms with E-state index >= 15 is 0 Å². The Balaban J connectivity index is 1.54. The van der Waals surface area contributed by atoms with Crippen LogP contribution in [0.2, 0.25) is 0 Å². The summed E-state index contributed by atoms with van der Waals surface area (Å²) in [6.45, 7) is 0. The van der Waals surface area contributed by atoms with Crippen molar-refractivity contribution < 1.29 is 13.2 Å². The van der Waals surface area contributed by atoms with Gasteiger partial charge in [0.25, 0.3) is 0 Å². The first kappa shape index (κ1) is 19.8. The van der Waals surface area contributed by atoms with Crippen molar-refractivity contribution in [3.8, 4) is 11.3 Å². The summed E-state index contributed by atoms with van der Waals surface area (Å²) in [5, 5.41) is 11.4. The molecule has 1 atom stereocenters. The van der Waals surface area contributed by atoms with Crippen molar-refractivity contribution in [2.24, 2.45) is 0 Å². The molecule has 1 unspecified atom stereocenters. The van der Waals surface area contributed by atoms with Gasteiger partial charge < -0.3 is 4.90 Å². The predicted octanol–water partition coefficient (Wildman–Crippen LogP) is 3.03. The maximum absolute atomic E-state index is 12.6. The van der Waals surface area contributed by atoms with Gasteiger partial charge in [-0.05, 0) is 6.42 Å². The zero-order valence-corrected chi connectivity index (χ0v) is 17.6. The van der Waals surface area contributed by atoms with Gasteiger partial charge in [-0.3, -0.25) is 4.79 Å². The van der Waals surface area contributed by atoms with E-state index in [4.69, 9.17) is 0 Å². The lowest BCUT2D eigenvalue weighted by molar-refractivity contribution is -0.128. The highest BCUT2D eigenvalue weighted by atomic mass is 32.2. The smallest absolute Gasteiger partial charge is 0.233 e. The maximum atomic E-state index is 12.6. The van der Waals surface area contributed by atoms with Crippen LogP contribution in [0.1, 0.15) is 6.42 Å². The molecular formula is C21H21N3O3S2. The van der Waals surface area contributed by atoms with E-state index in [-0.39, 0.29) is 29.2 Å². The Bertz CT molecular complexity index is 1150. The number of sulfone groups is 1. The van der Waals surface area contributed by atoms with Gasteiger partial charge in [0.1, 0.15) is 10.7 Å². The van der Waals surface area contributed by atoms with E-state index < -0.39 is 9.84 Å². The molecule has 0 bridgehead atoms. The van der Waals surface area contributed by atoms with E-state index in [1.807, 2.05) is 54.6 Å². The summed E-state index contributed by atoms with van der Waals surface area (Å²) in [5.41, 5.74) is 1.80. The average molecular weight is 428 g/mol. The topological polar surface area (TPSA) is 80.2 Å². The van der Waals surface area contributed by atoms with Crippen molar-refractivity contribution in [3.05, 3.63) is 54.6 Å². The molecule has 2 aromatic carbocycles. The molecule has 1 aromatic heterocycles. The van der Waals surface area contributed by atoms with Crippen molar-refractivity contribution in [1.82, 2.24) is 15.1 Å². The summed E-state index contributed by atoms with van der Waals surface area (Å²) in [5.74, 6) is 0.291. The molecule has 29 heavy (non-hydrogen) atoms. The standard InChI is InChI=1S/C21H21N3O3S2/c1-24(16-11-12-29(26,27)14-16)19(25)13-28-21-18-10-6-5-9-17(18)20(22-23-21)15-7-3-2-4-8-15/h2-10,16H,11-14H2,1H3. The lowest BCUT2D eigenvalue weighted by Crippen LogP contribution is -2.38. The molecule has 150 valence electrons. The normalized spacial score (nSPS) is 18.0. The Hall–Kier alpha value is -2.45. The number of thioether (sulfide) groups is 1. The molecule has 0 aliphatic carbocycles. The minimum atomic E-state index is -3.02. The predicted molar refractivity (Wildman–Crippen MR) is 116 cm³/mol. The molecule has 1 aliphatic heterocycles. The van der Waals surface area contributed by atoms with E-state index in [0.717, 1.165) is 22.0 Å². The van der Waals surface area contributed by atoms with Crippen LogP contribution in [-0.4, -0.2) is 59.8 Å². The van der Waals surface area contributed by atoms with Crippen molar-refractivity contribution in [1.29, 1.82) is 0 Å². The molecule has 1 fully saturated rings. The largest absolute Gasteiger partial charge is 0.341 e. The average Bonchev–Trinajstić information content (AvgIpc) is 3.11. The highest BCUT2D eigenvalue weighted by molar-refractivity contribution is 8.00. The Morgan fingerprint density at radius 2 is 1.76 bits per heavy atom. The van der Waals surface area contributed by atoms with E-state index in [1.54, 1.807) is 11.9 Å². The van der Waals surface area contributed by atoms with Gasteiger partial charge in [0.05, 0.1) is 17.3 Å². The number of carbonyl (C=O) groups excluding carboxylic acids is 1. The Kier molecular flexibility index (Phi) is 5.56. The molecule has 0 saturated carbocycles. The first-order valence-electron chi connectivity index (χ1n) is 9.34. The maximum Gasteiger partial charge on any atom is 0.233 e. The number of nitrogens with zero attached hydrogens (tertiary/aromatic N) is 3. The molecule has 0 spiro atoms. The fraction of sp³-hybridized carbons (Fsp3) is 0.286. The summed E-state index contributed by atoms with van der Waals surface area (Å²) in [6, 6.07) is 17.5. The van der Waals surface area contributed by atoms with Gasteiger partial charge >= 0.3 is 0 Å². The van der Waals surface area contributed by atoms with E-state index in [1.165, 1.54) is 11.8 Å². The first-order valence-corrected chi connectivity index (χ1v) is 12.1. The molecule has 8 heteroatoms. The Labute approximate surface area is 174 Å². The second-order valence-electron chi connectivity index (χ2n) is 7.12. The number of amides is 1. The quantitative estimate of drug-likeness (QED) is 0.582. The van der Waals surface area contributed by atoms with Gasteiger partial charge in [-0.1, -0.05) is 66.4 Å². The third-order valence-electron chi connectivity index (χ3n) is 5.18. The third kappa shape index (κ3) is 4.28. The van der Waals surface area contributed by atoms with Crippen molar-refractivity contribution in [2.75, 3.05) is 24.3 Å². The van der Waals surface area contributed by atoms with Crippen LogP contribution in [0.15, 0.2) is 59.6 Å².